The Labute approximate surface area is 228 Å². The van der Waals surface area contributed by atoms with Crippen molar-refractivity contribution in [2.75, 3.05) is 13.7 Å². The molecule has 7 heteroatoms. The molecule has 208 valence electrons. The molecule has 2 atom stereocenters. The van der Waals surface area contributed by atoms with E-state index in [0.29, 0.717) is 30.7 Å². The summed E-state index contributed by atoms with van der Waals surface area (Å²) in [4.78, 5) is 38.4. The minimum absolute atomic E-state index is 0.224. The number of benzene rings is 1. The fourth-order valence-corrected chi connectivity index (χ4v) is 5.99. The third kappa shape index (κ3) is 7.30. The number of ether oxygens (including phenoxy) is 1. The van der Waals surface area contributed by atoms with E-state index in [4.69, 9.17) is 11.2 Å². The Kier molecular flexibility index (Phi) is 10.2. The number of rotatable bonds is 7. The molecule has 3 amide bonds. The van der Waals surface area contributed by atoms with Crippen molar-refractivity contribution in [1.29, 1.82) is 0 Å². The van der Waals surface area contributed by atoms with Gasteiger partial charge in [0.05, 0.1) is 7.11 Å². The van der Waals surface area contributed by atoms with Crippen molar-refractivity contribution in [3.63, 3.8) is 0 Å². The maximum atomic E-state index is 13.0. The van der Waals surface area contributed by atoms with Crippen LogP contribution >= 0.6 is 0 Å². The number of amides is 3. The first kappa shape index (κ1) is 29.5. The summed E-state index contributed by atoms with van der Waals surface area (Å²) >= 11 is 0. The molecule has 0 aromatic heterocycles. The number of hydrogen-bond donors (Lipinski definition) is 2. The van der Waals surface area contributed by atoms with E-state index in [1.807, 2.05) is 26.8 Å². The standard InChI is InChI=1S/C22H29N3O4.C9H16/c1-6-15-9-10-16(18(12-15)29-5)13-23-20(27)17-8-7-11-25(17)21(28)19(24-14-26)22(2,3)4;1-2-5-9(6-3-1)7-4-8-9/h1,9-10,12,14,17,19H,7-8,11,13H2,2-5H3,(H,23,27)(H,24,26);1-8H2. The second kappa shape index (κ2) is 13.2. The Hall–Kier alpha value is -3.01. The Morgan fingerprint density at radius 2 is 1.84 bits per heavy atom. The molecule has 2 aliphatic carbocycles. The molecule has 1 aromatic carbocycles. The van der Waals surface area contributed by atoms with Crippen LogP contribution in [0.3, 0.4) is 0 Å². The third-order valence-electron chi connectivity index (χ3n) is 8.42. The molecule has 2 N–H and O–H groups in total. The SMILES string of the molecule is C#Cc1ccc(CNC(=O)C2CCCN2C(=O)C(NC=O)C(C)(C)C)c(OC)c1.C1CCC2(CC1)CCC2. The molecule has 2 saturated carbocycles. The minimum Gasteiger partial charge on any atom is -0.496 e. The van der Waals surface area contributed by atoms with Gasteiger partial charge in [-0.2, -0.15) is 0 Å². The largest absolute Gasteiger partial charge is 0.496 e. The quantitative estimate of drug-likeness (QED) is 0.405. The zero-order valence-corrected chi connectivity index (χ0v) is 23.6. The number of nitrogens with one attached hydrogen (secondary N) is 2. The predicted octanol–water partition coefficient (Wildman–Crippen LogP) is 4.57. The van der Waals surface area contributed by atoms with E-state index in [-0.39, 0.29) is 18.4 Å². The lowest BCUT2D eigenvalue weighted by Gasteiger charge is -2.45. The van der Waals surface area contributed by atoms with Crippen molar-refractivity contribution in [2.45, 2.75) is 104 Å². The maximum absolute atomic E-state index is 13.0. The van der Waals surface area contributed by atoms with Gasteiger partial charge < -0.3 is 20.3 Å². The summed E-state index contributed by atoms with van der Waals surface area (Å²) in [6.07, 6.45) is 19.6. The van der Waals surface area contributed by atoms with Gasteiger partial charge >= 0.3 is 0 Å². The van der Waals surface area contributed by atoms with Crippen LogP contribution in [-0.4, -0.2) is 48.9 Å². The third-order valence-corrected chi connectivity index (χ3v) is 8.42. The first-order chi connectivity index (χ1) is 18.1. The fourth-order valence-electron chi connectivity index (χ4n) is 5.99. The van der Waals surface area contributed by atoms with Crippen LogP contribution in [0.4, 0.5) is 0 Å². The van der Waals surface area contributed by atoms with Crippen molar-refractivity contribution in [2.24, 2.45) is 10.8 Å². The Bertz CT molecular complexity index is 1010. The average molecular weight is 524 g/mol. The van der Waals surface area contributed by atoms with E-state index in [1.54, 1.807) is 49.8 Å². The van der Waals surface area contributed by atoms with Gasteiger partial charge in [-0.3, -0.25) is 14.4 Å². The Morgan fingerprint density at radius 3 is 2.37 bits per heavy atom. The highest BCUT2D eigenvalue weighted by atomic mass is 16.5. The lowest BCUT2D eigenvalue weighted by molar-refractivity contribution is -0.142. The van der Waals surface area contributed by atoms with Gasteiger partial charge in [-0.15, -0.1) is 6.42 Å². The summed E-state index contributed by atoms with van der Waals surface area (Å²) < 4.78 is 5.35. The molecule has 3 fully saturated rings. The van der Waals surface area contributed by atoms with Crippen LogP contribution in [0.2, 0.25) is 0 Å². The van der Waals surface area contributed by atoms with Gasteiger partial charge in [0.25, 0.3) is 0 Å². The molecule has 3 aliphatic rings. The van der Waals surface area contributed by atoms with Gasteiger partial charge in [0.15, 0.2) is 0 Å². The number of nitrogens with zero attached hydrogens (tertiary/aromatic N) is 1. The molecule has 7 nitrogen and oxygen atoms in total. The van der Waals surface area contributed by atoms with Crippen LogP contribution < -0.4 is 15.4 Å². The molecule has 1 spiro atoms. The summed E-state index contributed by atoms with van der Waals surface area (Å²) in [5, 5.41) is 5.50. The number of carbonyl (C=O) groups excluding carboxylic acids is 3. The van der Waals surface area contributed by atoms with Crippen LogP contribution in [-0.2, 0) is 20.9 Å². The lowest BCUT2D eigenvalue weighted by Crippen LogP contribution is -2.56. The summed E-state index contributed by atoms with van der Waals surface area (Å²) in [5.41, 5.74) is 1.93. The van der Waals surface area contributed by atoms with Crippen LogP contribution in [0.1, 0.15) is 96.1 Å². The molecule has 1 aliphatic heterocycles. The highest BCUT2D eigenvalue weighted by molar-refractivity contribution is 5.91. The van der Waals surface area contributed by atoms with E-state index in [2.05, 4.69) is 16.6 Å². The molecule has 0 bridgehead atoms. The molecular weight excluding hydrogens is 478 g/mol. The maximum Gasteiger partial charge on any atom is 0.246 e. The first-order valence-corrected chi connectivity index (χ1v) is 14.1. The normalized spacial score (nSPS) is 20.7. The van der Waals surface area contributed by atoms with Crippen LogP contribution in [0.5, 0.6) is 5.75 Å². The highest BCUT2D eigenvalue weighted by Crippen LogP contribution is 2.51. The molecule has 1 aromatic rings. The topological polar surface area (TPSA) is 87.7 Å². The molecule has 1 saturated heterocycles. The van der Waals surface area contributed by atoms with Crippen molar-refractivity contribution >= 4 is 18.2 Å². The number of likely N-dealkylation sites (tertiary alicyclic amines) is 1. The van der Waals surface area contributed by atoms with E-state index >= 15 is 0 Å². The summed E-state index contributed by atoms with van der Waals surface area (Å²) in [6, 6.07) is 4.09. The number of hydrogen-bond acceptors (Lipinski definition) is 4. The lowest BCUT2D eigenvalue weighted by atomic mass is 9.61. The molecule has 0 radical (unpaired) electrons. The Morgan fingerprint density at radius 1 is 1.16 bits per heavy atom. The zero-order valence-electron chi connectivity index (χ0n) is 23.6. The summed E-state index contributed by atoms with van der Waals surface area (Å²) in [5.74, 6) is 2.69. The second-order valence-electron chi connectivity index (χ2n) is 12.1. The average Bonchev–Trinajstić information content (AvgIpc) is 3.39. The molecule has 1 heterocycles. The van der Waals surface area contributed by atoms with E-state index in [9.17, 15) is 14.4 Å². The number of methoxy groups -OCH3 is 1. The fraction of sp³-hybridized carbons (Fsp3) is 0.645. The van der Waals surface area contributed by atoms with Gasteiger partial charge in [-0.25, -0.2) is 0 Å². The van der Waals surface area contributed by atoms with Gasteiger partial charge in [0.2, 0.25) is 18.2 Å². The van der Waals surface area contributed by atoms with Gasteiger partial charge in [-0.1, -0.05) is 58.4 Å². The molecule has 2 unspecified atom stereocenters. The van der Waals surface area contributed by atoms with E-state index < -0.39 is 17.5 Å². The molecular formula is C31H45N3O4. The van der Waals surface area contributed by atoms with E-state index in [1.165, 1.54) is 25.7 Å². The Balaban J connectivity index is 0.000000368. The molecule has 4 rings (SSSR count). The van der Waals surface area contributed by atoms with Crippen molar-refractivity contribution in [1.82, 2.24) is 15.5 Å². The van der Waals surface area contributed by atoms with Crippen LogP contribution in [0, 0.1) is 23.2 Å². The van der Waals surface area contributed by atoms with Gasteiger partial charge in [0.1, 0.15) is 17.8 Å². The van der Waals surface area contributed by atoms with Crippen molar-refractivity contribution in [3.05, 3.63) is 29.3 Å². The number of terminal acetylenes is 1. The monoisotopic (exact) mass is 523 g/mol. The predicted molar refractivity (Wildman–Crippen MR) is 149 cm³/mol. The van der Waals surface area contributed by atoms with E-state index in [0.717, 1.165) is 17.4 Å². The second-order valence-corrected chi connectivity index (χ2v) is 12.1. The minimum atomic E-state index is -0.690. The first-order valence-electron chi connectivity index (χ1n) is 14.1. The van der Waals surface area contributed by atoms with Crippen LogP contribution in [0.25, 0.3) is 0 Å². The smallest absolute Gasteiger partial charge is 0.246 e. The number of carbonyl (C=O) groups is 3. The van der Waals surface area contributed by atoms with Gasteiger partial charge in [0, 0.05) is 24.2 Å². The zero-order chi connectivity index (χ0) is 27.8. The highest BCUT2D eigenvalue weighted by Gasteiger charge is 2.41. The van der Waals surface area contributed by atoms with Crippen LogP contribution in [0.15, 0.2) is 18.2 Å². The van der Waals surface area contributed by atoms with Crippen molar-refractivity contribution < 1.29 is 19.1 Å². The summed E-state index contributed by atoms with van der Waals surface area (Å²) in [6.45, 7) is 6.39. The van der Waals surface area contributed by atoms with Gasteiger partial charge in [-0.05, 0) is 61.5 Å². The molecule has 38 heavy (non-hydrogen) atoms. The van der Waals surface area contributed by atoms with Crippen molar-refractivity contribution in [3.8, 4) is 18.1 Å². The summed E-state index contributed by atoms with van der Waals surface area (Å²) in [7, 11) is 1.55.